The van der Waals surface area contributed by atoms with Crippen molar-refractivity contribution in [3.05, 3.63) is 0 Å². The average Bonchev–Trinajstić information content (AvgIpc) is 2.26. The van der Waals surface area contributed by atoms with Crippen molar-refractivity contribution >= 4 is 11.7 Å². The van der Waals surface area contributed by atoms with Crippen molar-refractivity contribution in [2.45, 2.75) is 47.0 Å². The van der Waals surface area contributed by atoms with Crippen LogP contribution in [0.1, 0.15) is 47.0 Å². The maximum Gasteiger partial charge on any atom is 0.222 e. The monoisotopic (exact) mass is 225 g/mol. The van der Waals surface area contributed by atoms with Crippen LogP contribution in [-0.4, -0.2) is 29.7 Å². The fourth-order valence-electron chi connectivity index (χ4n) is 2.23. The summed E-state index contributed by atoms with van der Waals surface area (Å²) >= 11 is 0. The Balaban J connectivity index is 2.49. The molecule has 0 N–H and O–H groups in total. The molecular weight excluding hydrogens is 202 g/mol. The Morgan fingerprint density at radius 2 is 1.69 bits per heavy atom. The smallest absolute Gasteiger partial charge is 0.222 e. The fourth-order valence-corrected chi connectivity index (χ4v) is 2.23. The molecule has 0 unspecified atom stereocenters. The summed E-state index contributed by atoms with van der Waals surface area (Å²) in [5.41, 5.74) is -0.248. The molecule has 0 saturated carbocycles. The highest BCUT2D eigenvalue weighted by Crippen LogP contribution is 2.27. The molecule has 3 heteroatoms. The Hall–Kier alpha value is -0.860. The van der Waals surface area contributed by atoms with Crippen LogP contribution in [0.15, 0.2) is 0 Å². The Kier molecular flexibility index (Phi) is 4.11. The summed E-state index contributed by atoms with van der Waals surface area (Å²) in [6.45, 7) is 9.30. The molecule has 0 bridgehead atoms. The van der Waals surface area contributed by atoms with Crippen molar-refractivity contribution in [1.29, 1.82) is 0 Å². The molecule has 1 rings (SSSR count). The molecule has 1 aliphatic heterocycles. The summed E-state index contributed by atoms with van der Waals surface area (Å²) in [6, 6.07) is 0. The zero-order valence-corrected chi connectivity index (χ0v) is 10.9. The number of nitrogens with zero attached hydrogens (tertiary/aromatic N) is 1. The normalized spacial score (nSPS) is 18.6. The summed E-state index contributed by atoms with van der Waals surface area (Å²) in [5.74, 6) is 0.707. The summed E-state index contributed by atoms with van der Waals surface area (Å²) in [4.78, 5) is 25.4. The van der Waals surface area contributed by atoms with Crippen LogP contribution in [0.25, 0.3) is 0 Å². The lowest BCUT2D eigenvalue weighted by molar-refractivity contribution is -0.137. The molecule has 16 heavy (non-hydrogen) atoms. The van der Waals surface area contributed by atoms with Gasteiger partial charge < -0.3 is 4.90 Å². The number of hydrogen-bond acceptors (Lipinski definition) is 2. The molecule has 1 fully saturated rings. The first-order valence-corrected chi connectivity index (χ1v) is 6.18. The zero-order chi connectivity index (χ0) is 12.3. The van der Waals surface area contributed by atoms with E-state index in [9.17, 15) is 9.59 Å². The molecule has 1 saturated heterocycles. The van der Waals surface area contributed by atoms with E-state index in [4.69, 9.17) is 0 Å². The van der Waals surface area contributed by atoms with Gasteiger partial charge in [-0.15, -0.1) is 0 Å². The van der Waals surface area contributed by atoms with Crippen LogP contribution in [0.2, 0.25) is 0 Å². The lowest BCUT2D eigenvalue weighted by Gasteiger charge is -2.33. The third kappa shape index (κ3) is 3.06. The van der Waals surface area contributed by atoms with Crippen molar-refractivity contribution in [3.63, 3.8) is 0 Å². The minimum absolute atomic E-state index is 0.154. The molecule has 1 heterocycles. The number of carbonyl (C=O) groups is 2. The van der Waals surface area contributed by atoms with E-state index in [2.05, 4.69) is 0 Å². The second-order valence-corrected chi connectivity index (χ2v) is 5.62. The van der Waals surface area contributed by atoms with E-state index in [1.807, 2.05) is 32.6 Å². The second kappa shape index (κ2) is 4.98. The highest BCUT2D eigenvalue weighted by atomic mass is 16.2. The van der Waals surface area contributed by atoms with Gasteiger partial charge >= 0.3 is 0 Å². The van der Waals surface area contributed by atoms with Crippen molar-refractivity contribution < 1.29 is 9.59 Å². The fraction of sp³-hybridized carbons (Fsp3) is 0.846. The van der Waals surface area contributed by atoms with Gasteiger partial charge in [0.1, 0.15) is 5.78 Å². The van der Waals surface area contributed by atoms with E-state index >= 15 is 0 Å². The van der Waals surface area contributed by atoms with Gasteiger partial charge in [-0.1, -0.05) is 27.7 Å². The topological polar surface area (TPSA) is 37.4 Å². The van der Waals surface area contributed by atoms with E-state index in [1.54, 1.807) is 0 Å². The minimum Gasteiger partial charge on any atom is -0.343 e. The summed E-state index contributed by atoms with van der Waals surface area (Å²) in [6.07, 6.45) is 2.24. The lowest BCUT2D eigenvalue weighted by atomic mass is 9.79. The van der Waals surface area contributed by atoms with Crippen molar-refractivity contribution in [2.75, 3.05) is 13.1 Å². The van der Waals surface area contributed by atoms with Crippen molar-refractivity contribution in [3.8, 4) is 0 Å². The maximum absolute atomic E-state index is 12.1. The highest BCUT2D eigenvalue weighted by Gasteiger charge is 2.32. The third-order valence-corrected chi connectivity index (χ3v) is 3.26. The molecule has 0 aromatic rings. The number of ketones is 1. The number of carbonyl (C=O) groups excluding carboxylic acids is 2. The van der Waals surface area contributed by atoms with Gasteiger partial charge in [-0.2, -0.15) is 0 Å². The van der Waals surface area contributed by atoms with E-state index in [-0.39, 0.29) is 17.2 Å². The summed E-state index contributed by atoms with van der Waals surface area (Å²) < 4.78 is 0. The third-order valence-electron chi connectivity index (χ3n) is 3.26. The number of rotatable bonds is 2. The first-order chi connectivity index (χ1) is 7.36. The van der Waals surface area contributed by atoms with Gasteiger partial charge in [0.2, 0.25) is 5.91 Å². The van der Waals surface area contributed by atoms with E-state index in [0.29, 0.717) is 12.2 Å². The first-order valence-electron chi connectivity index (χ1n) is 6.18. The number of amides is 1. The van der Waals surface area contributed by atoms with E-state index in [1.165, 1.54) is 0 Å². The van der Waals surface area contributed by atoms with Crippen molar-refractivity contribution in [2.24, 2.45) is 11.3 Å². The van der Waals surface area contributed by atoms with Crippen molar-refractivity contribution in [1.82, 2.24) is 4.90 Å². The predicted molar refractivity (Wildman–Crippen MR) is 64.1 cm³/mol. The van der Waals surface area contributed by atoms with Gasteiger partial charge in [-0.25, -0.2) is 0 Å². The van der Waals surface area contributed by atoms with Crippen LogP contribution in [0.4, 0.5) is 0 Å². The van der Waals surface area contributed by atoms with Crippen LogP contribution < -0.4 is 0 Å². The van der Waals surface area contributed by atoms with Crippen LogP contribution in [0, 0.1) is 11.3 Å². The van der Waals surface area contributed by atoms with Gasteiger partial charge in [-0.3, -0.25) is 9.59 Å². The van der Waals surface area contributed by atoms with Gasteiger partial charge in [0.25, 0.3) is 0 Å². The van der Waals surface area contributed by atoms with Gasteiger partial charge in [-0.05, 0) is 12.8 Å². The largest absolute Gasteiger partial charge is 0.343 e. The SMILES string of the molecule is CCC(=O)N1CCC(C(=O)C(C)(C)C)CC1. The molecule has 0 spiro atoms. The van der Waals surface area contributed by atoms with Gasteiger partial charge in [0, 0.05) is 30.8 Å². The molecule has 1 aliphatic rings. The molecule has 0 aromatic carbocycles. The molecule has 1 amide bonds. The van der Waals surface area contributed by atoms with Gasteiger partial charge in [0.15, 0.2) is 0 Å². The molecule has 0 radical (unpaired) electrons. The zero-order valence-electron chi connectivity index (χ0n) is 10.9. The quantitative estimate of drug-likeness (QED) is 0.723. The Bertz CT molecular complexity index is 270. The molecule has 0 aromatic heterocycles. The van der Waals surface area contributed by atoms with Crippen LogP contribution >= 0.6 is 0 Å². The molecule has 3 nitrogen and oxygen atoms in total. The maximum atomic E-state index is 12.1. The lowest BCUT2D eigenvalue weighted by Crippen LogP contribution is -2.42. The number of likely N-dealkylation sites (tertiary alicyclic amines) is 1. The first kappa shape index (κ1) is 13.2. The van der Waals surface area contributed by atoms with Gasteiger partial charge in [0.05, 0.1) is 0 Å². The second-order valence-electron chi connectivity index (χ2n) is 5.62. The van der Waals surface area contributed by atoms with Crippen LogP contribution in [0.5, 0.6) is 0 Å². The molecule has 0 aliphatic carbocycles. The minimum atomic E-state index is -0.248. The molecule has 92 valence electrons. The van der Waals surface area contributed by atoms with Crippen LogP contribution in [-0.2, 0) is 9.59 Å². The Labute approximate surface area is 98.2 Å². The Morgan fingerprint density at radius 3 is 2.06 bits per heavy atom. The average molecular weight is 225 g/mol. The van der Waals surface area contributed by atoms with E-state index < -0.39 is 0 Å². The molecule has 0 atom stereocenters. The highest BCUT2D eigenvalue weighted by molar-refractivity contribution is 5.86. The predicted octanol–water partition coefficient (Wildman–Crippen LogP) is 2.25. The molecular formula is C13H23NO2. The summed E-state index contributed by atoms with van der Waals surface area (Å²) in [5, 5.41) is 0. The van der Waals surface area contributed by atoms with E-state index in [0.717, 1.165) is 25.9 Å². The number of piperidine rings is 1. The standard InChI is InChI=1S/C13H23NO2/c1-5-11(15)14-8-6-10(7-9-14)12(16)13(2,3)4/h10H,5-9H2,1-4H3. The Morgan fingerprint density at radius 1 is 1.19 bits per heavy atom. The summed E-state index contributed by atoms with van der Waals surface area (Å²) in [7, 11) is 0. The number of hydrogen-bond donors (Lipinski definition) is 0. The number of Topliss-reactive ketones (excluding diaryl/α,β-unsaturated/α-hetero) is 1. The van der Waals surface area contributed by atoms with Crippen LogP contribution in [0.3, 0.4) is 0 Å².